The molecule has 0 radical (unpaired) electrons. The Balaban J connectivity index is 0.935. The van der Waals surface area contributed by atoms with E-state index in [4.69, 9.17) is 9.47 Å². The van der Waals surface area contributed by atoms with Crippen LogP contribution in [-0.4, -0.2) is 125 Å². The Kier molecular flexibility index (Phi) is 13.3. The van der Waals surface area contributed by atoms with E-state index < -0.39 is 36.8 Å². The molecular weight excluding hydrogens is 985 g/mol. The fourth-order valence-corrected chi connectivity index (χ4v) is 18.8. The first-order valence-electron chi connectivity index (χ1n) is 27.8. The van der Waals surface area contributed by atoms with Crippen molar-refractivity contribution < 1.29 is 33.8 Å². The standard InChI is InChI=1S/C61H72N8O7Si/c1-42-55(77(3,4)50-24-22-49(75-2)23-25-50)53(37-54(71)64-35-11-16-48(64)39-70)76-61(42)51-36-47(67-41-69(46-14-9-6-10-15-46)60(57(67)73)29-33-63-34-30-60)21-26-52(51)65(58(61)74)38-43-17-19-44(20-18-43)66-40-68(45-12-7-5-8-13-45)59(56(66)72)27-31-62-32-28-59/h5-10,12-15,17-26,36,42,48,53,55,62-63,70H,11,16,27-35,37-41H2,1-4H3/t42-,48+,53+,55-,61+/m1/s1. The number of piperidine rings is 2. The fourth-order valence-electron chi connectivity index (χ4n) is 14.8. The number of aliphatic hydroxyl groups is 1. The molecule has 5 aromatic rings. The Labute approximate surface area is 453 Å². The topological polar surface area (TPSA) is 150 Å². The normalized spacial score (nSPS) is 25.8. The van der Waals surface area contributed by atoms with Crippen molar-refractivity contribution in [2.45, 2.75) is 106 Å². The molecule has 402 valence electrons. The van der Waals surface area contributed by atoms with E-state index in [-0.39, 0.29) is 54.8 Å². The maximum Gasteiger partial charge on any atom is 0.264 e. The smallest absolute Gasteiger partial charge is 0.264 e. The average Bonchev–Trinajstić information content (AvgIpc) is 4.39. The maximum atomic E-state index is 16.2. The second-order valence-corrected chi connectivity index (χ2v) is 27.7. The van der Waals surface area contributed by atoms with Crippen molar-refractivity contribution in [1.82, 2.24) is 15.5 Å². The van der Waals surface area contributed by atoms with Gasteiger partial charge in [0.15, 0.2) is 5.60 Å². The number of aliphatic hydroxyl groups excluding tert-OH is 1. The summed E-state index contributed by atoms with van der Waals surface area (Å²) in [5.74, 6) is 0.183. The first kappa shape index (κ1) is 51.2. The molecule has 5 atom stereocenters. The number of amides is 4. The van der Waals surface area contributed by atoms with Crippen LogP contribution in [0.5, 0.6) is 5.75 Å². The minimum Gasteiger partial charge on any atom is -0.497 e. The van der Waals surface area contributed by atoms with E-state index in [2.05, 4.69) is 76.8 Å². The Bertz CT molecular complexity index is 3030. The molecule has 0 unspecified atom stereocenters. The number of fused-ring (bicyclic) bond motifs is 2. The molecule has 6 fully saturated rings. The van der Waals surface area contributed by atoms with Crippen LogP contribution in [0.25, 0.3) is 0 Å². The summed E-state index contributed by atoms with van der Waals surface area (Å²) in [6.45, 7) is 11.2. The second kappa shape index (κ2) is 20.0. The quantitative estimate of drug-likeness (QED) is 0.115. The number of methoxy groups -OCH3 is 1. The zero-order chi connectivity index (χ0) is 53.3. The summed E-state index contributed by atoms with van der Waals surface area (Å²) >= 11 is 0. The summed E-state index contributed by atoms with van der Waals surface area (Å²) in [4.78, 5) is 72.7. The first-order valence-corrected chi connectivity index (χ1v) is 30.9. The lowest BCUT2D eigenvalue weighted by molar-refractivity contribution is -0.150. The van der Waals surface area contributed by atoms with Gasteiger partial charge in [0, 0.05) is 40.8 Å². The van der Waals surface area contributed by atoms with E-state index in [1.165, 1.54) is 0 Å². The Morgan fingerprint density at radius 1 is 0.714 bits per heavy atom. The van der Waals surface area contributed by atoms with Crippen molar-refractivity contribution in [3.8, 4) is 5.75 Å². The molecule has 3 spiro atoms. The number of carbonyl (C=O) groups is 4. The van der Waals surface area contributed by atoms with Gasteiger partial charge in [0.05, 0.1) is 65.9 Å². The van der Waals surface area contributed by atoms with Crippen LogP contribution in [0.1, 0.15) is 63.0 Å². The van der Waals surface area contributed by atoms with Gasteiger partial charge in [-0.2, -0.15) is 0 Å². The van der Waals surface area contributed by atoms with Crippen molar-refractivity contribution in [3.05, 3.63) is 139 Å². The first-order chi connectivity index (χ1) is 37.3. The Hall–Kier alpha value is -6.56. The van der Waals surface area contributed by atoms with Crippen LogP contribution in [0.2, 0.25) is 18.6 Å². The number of nitrogens with zero attached hydrogens (tertiary/aromatic N) is 6. The Morgan fingerprint density at radius 2 is 1.27 bits per heavy atom. The number of rotatable bonds is 12. The SMILES string of the molecule is COc1ccc([Si](C)(C)[C@H]2[C@H](CC(=O)N3CCC[C@H]3CO)O[C@@]3(C(=O)N(Cc4ccc(N5CN(c6ccccc6)C6(CCNCC6)C5=O)cc4)c4ccc(N5CN(c6ccccc6)C6(CCNCC6)C5=O)cc43)[C@@H]2C)cc1. The van der Waals surface area contributed by atoms with E-state index in [9.17, 15) is 14.7 Å². The van der Waals surface area contributed by atoms with Crippen LogP contribution in [0, 0.1) is 5.92 Å². The van der Waals surface area contributed by atoms with Crippen LogP contribution < -0.4 is 45.1 Å². The number of benzene rings is 5. The lowest BCUT2D eigenvalue weighted by atomic mass is 9.82. The lowest BCUT2D eigenvalue weighted by Gasteiger charge is -2.39. The molecule has 0 bridgehead atoms. The van der Waals surface area contributed by atoms with E-state index >= 15 is 9.59 Å². The molecule has 3 N–H and O–H groups in total. The molecule has 15 nitrogen and oxygen atoms in total. The number of anilines is 5. The summed E-state index contributed by atoms with van der Waals surface area (Å²) in [6.07, 6.45) is 3.71. The molecule has 77 heavy (non-hydrogen) atoms. The third kappa shape index (κ3) is 8.27. The third-order valence-electron chi connectivity index (χ3n) is 18.9. The van der Waals surface area contributed by atoms with Crippen LogP contribution in [0.15, 0.2) is 127 Å². The maximum absolute atomic E-state index is 16.2. The van der Waals surface area contributed by atoms with Gasteiger partial charge in [-0.15, -0.1) is 0 Å². The van der Waals surface area contributed by atoms with Gasteiger partial charge >= 0.3 is 0 Å². The third-order valence-corrected chi connectivity index (χ3v) is 23.2. The van der Waals surface area contributed by atoms with Crippen molar-refractivity contribution in [1.29, 1.82) is 0 Å². The fraction of sp³-hybridized carbons (Fsp3) is 0.443. The molecule has 12 rings (SSSR count). The summed E-state index contributed by atoms with van der Waals surface area (Å²) < 4.78 is 13.2. The van der Waals surface area contributed by atoms with Gasteiger partial charge in [-0.3, -0.25) is 29.0 Å². The van der Waals surface area contributed by atoms with Crippen molar-refractivity contribution in [2.24, 2.45) is 5.92 Å². The minimum atomic E-state index is -2.66. The van der Waals surface area contributed by atoms with Gasteiger partial charge in [0.25, 0.3) is 17.7 Å². The van der Waals surface area contributed by atoms with Gasteiger partial charge in [-0.05, 0) is 143 Å². The number of nitrogens with one attached hydrogen (secondary N) is 2. The molecular formula is C61H72N8O7Si. The average molecular weight is 1060 g/mol. The minimum absolute atomic E-state index is 0.0337. The van der Waals surface area contributed by atoms with Gasteiger partial charge in [0.2, 0.25) is 5.91 Å². The Morgan fingerprint density at radius 3 is 1.83 bits per heavy atom. The largest absolute Gasteiger partial charge is 0.497 e. The van der Waals surface area contributed by atoms with Crippen LogP contribution in [0.4, 0.5) is 28.4 Å². The summed E-state index contributed by atoms with van der Waals surface area (Å²) in [6, 6.07) is 42.4. The monoisotopic (exact) mass is 1060 g/mol. The predicted octanol–water partition coefficient (Wildman–Crippen LogP) is 6.70. The number of carbonyl (C=O) groups excluding carboxylic acids is 4. The van der Waals surface area contributed by atoms with E-state index in [1.54, 1.807) is 7.11 Å². The predicted molar refractivity (Wildman–Crippen MR) is 302 cm³/mol. The lowest BCUT2D eigenvalue weighted by Crippen LogP contribution is -2.55. The molecule has 0 saturated carbocycles. The molecule has 0 aliphatic carbocycles. The van der Waals surface area contributed by atoms with Crippen LogP contribution in [0.3, 0.4) is 0 Å². The highest BCUT2D eigenvalue weighted by molar-refractivity contribution is 6.91. The number of hydrogen-bond donors (Lipinski definition) is 3. The number of para-hydroxylation sites is 2. The zero-order valence-electron chi connectivity index (χ0n) is 44.8. The van der Waals surface area contributed by atoms with Gasteiger partial charge < -0.3 is 44.8 Å². The molecule has 7 aliphatic rings. The molecule has 7 aliphatic heterocycles. The number of likely N-dealkylation sites (tertiary alicyclic amines) is 1. The molecule has 6 saturated heterocycles. The van der Waals surface area contributed by atoms with E-state index in [1.807, 2.05) is 111 Å². The second-order valence-electron chi connectivity index (χ2n) is 23.0. The van der Waals surface area contributed by atoms with E-state index in [0.717, 1.165) is 72.6 Å². The van der Waals surface area contributed by atoms with Crippen LogP contribution in [-0.2, 0) is 36.1 Å². The molecule has 5 aromatic carbocycles. The summed E-state index contributed by atoms with van der Waals surface area (Å²) in [7, 11) is -1.00. The van der Waals surface area contributed by atoms with Crippen molar-refractivity contribution >= 4 is 65.3 Å². The van der Waals surface area contributed by atoms with Crippen molar-refractivity contribution in [2.75, 3.05) is 84.3 Å². The number of hydrogen-bond acceptors (Lipinski definition) is 11. The number of ether oxygens (including phenoxy) is 2. The highest BCUT2D eigenvalue weighted by Crippen LogP contribution is 2.61. The van der Waals surface area contributed by atoms with Crippen molar-refractivity contribution in [3.63, 3.8) is 0 Å². The highest BCUT2D eigenvalue weighted by atomic mass is 28.3. The van der Waals surface area contributed by atoms with Gasteiger partial charge in [-0.1, -0.05) is 85.9 Å². The molecule has 7 heterocycles. The molecule has 4 amide bonds. The van der Waals surface area contributed by atoms with Gasteiger partial charge in [0.1, 0.15) is 16.8 Å². The highest BCUT2D eigenvalue weighted by Gasteiger charge is 2.67. The molecule has 16 heteroatoms. The summed E-state index contributed by atoms with van der Waals surface area (Å²) in [5, 5.41) is 18.5. The molecule has 0 aromatic heterocycles. The van der Waals surface area contributed by atoms with E-state index in [0.29, 0.717) is 62.5 Å². The summed E-state index contributed by atoms with van der Waals surface area (Å²) in [5.41, 5.74) is 2.66. The zero-order valence-corrected chi connectivity index (χ0v) is 45.8. The van der Waals surface area contributed by atoms with Gasteiger partial charge in [-0.25, -0.2) is 0 Å². The van der Waals surface area contributed by atoms with Crippen LogP contribution >= 0.6 is 0 Å².